The smallest absolute Gasteiger partial charge is 0.254 e. The van der Waals surface area contributed by atoms with E-state index in [1.807, 2.05) is 0 Å². The van der Waals surface area contributed by atoms with Crippen molar-refractivity contribution >= 4 is 41.2 Å². The van der Waals surface area contributed by atoms with Crippen LogP contribution in [0.1, 0.15) is 18.6 Å². The SMILES string of the molecule is O=C1[C@H]2[C@H](C(=O)N1/N=C\c1ccc(-c3cc(Cl)ccc3Cl)o1)[C@H]1C=C[C@H]2CC1. The molecule has 0 unspecified atom stereocenters. The molecule has 2 aromatic rings. The number of imide groups is 1. The number of hydrazone groups is 1. The van der Waals surface area contributed by atoms with Crippen LogP contribution in [0.15, 0.2) is 52.0 Å². The number of halogens is 2. The van der Waals surface area contributed by atoms with Crippen LogP contribution in [0, 0.1) is 23.7 Å². The Balaban J connectivity index is 1.39. The number of hydrogen-bond donors (Lipinski definition) is 0. The lowest BCUT2D eigenvalue weighted by molar-refractivity contribution is -0.140. The number of furan rings is 1. The number of rotatable bonds is 3. The molecule has 2 heterocycles. The number of carbonyl (C=O) groups excluding carboxylic acids is 2. The van der Waals surface area contributed by atoms with E-state index in [2.05, 4.69) is 17.3 Å². The molecule has 3 aliphatic carbocycles. The second-order valence-corrected chi connectivity index (χ2v) is 8.24. The predicted octanol–water partition coefficient (Wildman–Crippen LogP) is 4.78. The van der Waals surface area contributed by atoms with E-state index in [4.69, 9.17) is 27.6 Å². The third kappa shape index (κ3) is 2.73. The van der Waals surface area contributed by atoms with Crippen molar-refractivity contribution in [1.82, 2.24) is 5.01 Å². The van der Waals surface area contributed by atoms with Gasteiger partial charge < -0.3 is 4.42 Å². The third-order valence-electron chi connectivity index (χ3n) is 5.86. The number of fused-ring (bicyclic) bond motifs is 1. The summed E-state index contributed by atoms with van der Waals surface area (Å²) in [4.78, 5) is 25.5. The minimum Gasteiger partial charge on any atom is -0.455 e. The van der Waals surface area contributed by atoms with Gasteiger partial charge in [0.15, 0.2) is 0 Å². The Morgan fingerprint density at radius 2 is 1.68 bits per heavy atom. The van der Waals surface area contributed by atoms with Crippen molar-refractivity contribution in [1.29, 1.82) is 0 Å². The number of hydrogen-bond acceptors (Lipinski definition) is 4. The van der Waals surface area contributed by atoms with Gasteiger partial charge in [-0.1, -0.05) is 35.4 Å². The minimum atomic E-state index is -0.272. The summed E-state index contributed by atoms with van der Waals surface area (Å²) in [6.07, 6.45) is 7.48. The van der Waals surface area contributed by atoms with Crippen molar-refractivity contribution in [3.63, 3.8) is 0 Å². The number of allylic oxidation sites excluding steroid dienone is 2. The van der Waals surface area contributed by atoms with E-state index < -0.39 is 0 Å². The molecule has 4 aliphatic rings. The average molecular weight is 415 g/mol. The van der Waals surface area contributed by atoms with Gasteiger partial charge in [-0.25, -0.2) is 0 Å². The van der Waals surface area contributed by atoms with Crippen LogP contribution in [0.4, 0.5) is 0 Å². The number of carbonyl (C=O) groups is 2. The fourth-order valence-electron chi connectivity index (χ4n) is 4.54. The van der Waals surface area contributed by atoms with Crippen LogP contribution in [-0.4, -0.2) is 23.0 Å². The Morgan fingerprint density at radius 1 is 1.00 bits per heavy atom. The van der Waals surface area contributed by atoms with Gasteiger partial charge in [0.05, 0.1) is 23.1 Å². The highest BCUT2D eigenvalue weighted by molar-refractivity contribution is 6.35. The fourth-order valence-corrected chi connectivity index (χ4v) is 4.92. The van der Waals surface area contributed by atoms with Gasteiger partial charge in [-0.05, 0) is 55.0 Å². The van der Waals surface area contributed by atoms with Crippen molar-refractivity contribution in [2.75, 3.05) is 0 Å². The lowest BCUT2D eigenvalue weighted by atomic mass is 9.63. The Kier molecular flexibility index (Phi) is 4.18. The van der Waals surface area contributed by atoms with Crippen LogP contribution in [0.25, 0.3) is 11.3 Å². The molecule has 4 atom stereocenters. The molecule has 28 heavy (non-hydrogen) atoms. The molecule has 0 radical (unpaired) electrons. The second kappa shape index (κ2) is 6.61. The van der Waals surface area contributed by atoms with Gasteiger partial charge in [0.1, 0.15) is 11.5 Å². The number of benzene rings is 1. The maximum absolute atomic E-state index is 12.8. The summed E-state index contributed by atoms with van der Waals surface area (Å²) in [5.41, 5.74) is 0.663. The number of amides is 2. The maximum atomic E-state index is 12.8. The van der Waals surface area contributed by atoms with E-state index in [9.17, 15) is 9.59 Å². The van der Waals surface area contributed by atoms with Crippen LogP contribution in [0.5, 0.6) is 0 Å². The summed E-state index contributed by atoms with van der Waals surface area (Å²) in [7, 11) is 0. The average Bonchev–Trinajstić information content (AvgIpc) is 3.28. The van der Waals surface area contributed by atoms with E-state index in [1.165, 1.54) is 6.21 Å². The molecule has 2 fully saturated rings. The highest BCUT2D eigenvalue weighted by Crippen LogP contribution is 2.49. The number of nitrogens with zero attached hydrogens (tertiary/aromatic N) is 2. The summed E-state index contributed by atoms with van der Waals surface area (Å²) in [6, 6.07) is 8.56. The molecular weight excluding hydrogens is 399 g/mol. The normalized spacial score (nSPS) is 28.6. The molecule has 5 nitrogen and oxygen atoms in total. The molecule has 142 valence electrons. The van der Waals surface area contributed by atoms with Gasteiger partial charge in [0.2, 0.25) is 0 Å². The highest BCUT2D eigenvalue weighted by atomic mass is 35.5. The first kappa shape index (κ1) is 17.7. The van der Waals surface area contributed by atoms with Gasteiger partial charge in [-0.3, -0.25) is 9.59 Å². The Labute approximate surface area is 171 Å². The fraction of sp³-hybridized carbons (Fsp3) is 0.286. The summed E-state index contributed by atoms with van der Waals surface area (Å²) < 4.78 is 5.76. The monoisotopic (exact) mass is 414 g/mol. The van der Waals surface area contributed by atoms with E-state index in [1.54, 1.807) is 30.3 Å². The van der Waals surface area contributed by atoms with Crippen molar-refractivity contribution in [3.8, 4) is 11.3 Å². The molecule has 2 bridgehead atoms. The zero-order valence-corrected chi connectivity index (χ0v) is 16.2. The van der Waals surface area contributed by atoms with Gasteiger partial charge in [0, 0.05) is 10.6 Å². The van der Waals surface area contributed by atoms with E-state index in [-0.39, 0.29) is 35.5 Å². The minimum absolute atomic E-state index is 0.145. The molecule has 1 aromatic heterocycles. The first-order valence-electron chi connectivity index (χ1n) is 9.18. The standard InChI is InChI=1S/C21H16Cl2N2O3/c22-13-5-7-16(23)15(9-13)17-8-6-14(28-17)10-24-25-20(26)18-11-1-2-12(4-3-11)19(18)21(25)27/h1-2,5-12,18-19H,3-4H2/b24-10-/t11-,12-,18+,19+/m0/s1. The first-order valence-corrected chi connectivity index (χ1v) is 9.94. The van der Waals surface area contributed by atoms with Crippen molar-refractivity contribution in [2.24, 2.45) is 28.8 Å². The lowest BCUT2D eigenvalue weighted by Gasteiger charge is -2.37. The predicted molar refractivity (Wildman–Crippen MR) is 106 cm³/mol. The molecule has 2 amide bonds. The zero-order chi connectivity index (χ0) is 19.4. The summed E-state index contributed by atoms with van der Waals surface area (Å²) in [6.45, 7) is 0. The Morgan fingerprint density at radius 3 is 2.32 bits per heavy atom. The topological polar surface area (TPSA) is 62.9 Å². The molecule has 1 saturated heterocycles. The van der Waals surface area contributed by atoms with Crippen molar-refractivity contribution in [2.45, 2.75) is 12.8 Å². The van der Waals surface area contributed by atoms with Crippen LogP contribution in [0.2, 0.25) is 10.0 Å². The van der Waals surface area contributed by atoms with Gasteiger partial charge >= 0.3 is 0 Å². The molecule has 1 saturated carbocycles. The molecule has 1 aliphatic heterocycles. The van der Waals surface area contributed by atoms with Crippen LogP contribution >= 0.6 is 23.2 Å². The summed E-state index contributed by atoms with van der Waals surface area (Å²) in [5.74, 6) is 0.270. The maximum Gasteiger partial charge on any atom is 0.254 e. The van der Waals surface area contributed by atoms with Gasteiger partial charge in [0.25, 0.3) is 11.8 Å². The van der Waals surface area contributed by atoms with E-state index >= 15 is 0 Å². The zero-order valence-electron chi connectivity index (χ0n) is 14.7. The third-order valence-corrected chi connectivity index (χ3v) is 6.42. The molecule has 0 N–H and O–H groups in total. The largest absolute Gasteiger partial charge is 0.455 e. The molecule has 6 rings (SSSR count). The quantitative estimate of drug-likeness (QED) is 0.412. The first-order chi connectivity index (χ1) is 13.5. The highest BCUT2D eigenvalue weighted by Gasteiger charge is 2.56. The van der Waals surface area contributed by atoms with Gasteiger partial charge in [-0.2, -0.15) is 10.1 Å². The lowest BCUT2D eigenvalue weighted by Crippen LogP contribution is -2.38. The molecule has 0 spiro atoms. The summed E-state index contributed by atoms with van der Waals surface area (Å²) >= 11 is 12.2. The van der Waals surface area contributed by atoms with Crippen LogP contribution < -0.4 is 0 Å². The van der Waals surface area contributed by atoms with Gasteiger partial charge in [-0.15, -0.1) is 0 Å². The molecular formula is C21H16Cl2N2O3. The molecule has 7 heteroatoms. The van der Waals surface area contributed by atoms with Crippen molar-refractivity contribution in [3.05, 3.63) is 58.3 Å². The Hall–Kier alpha value is -2.37. The van der Waals surface area contributed by atoms with E-state index in [0.29, 0.717) is 27.1 Å². The van der Waals surface area contributed by atoms with Crippen LogP contribution in [0.3, 0.4) is 0 Å². The van der Waals surface area contributed by atoms with E-state index in [0.717, 1.165) is 17.9 Å². The second-order valence-electron chi connectivity index (χ2n) is 7.40. The molecule has 1 aromatic carbocycles. The van der Waals surface area contributed by atoms with Crippen molar-refractivity contribution < 1.29 is 14.0 Å². The summed E-state index contributed by atoms with van der Waals surface area (Å²) in [5, 5.41) is 6.23. The van der Waals surface area contributed by atoms with Crippen LogP contribution in [-0.2, 0) is 9.59 Å². The Bertz CT molecular complexity index is 1010.